The maximum atomic E-state index is 11.9. The summed E-state index contributed by atoms with van der Waals surface area (Å²) in [6.07, 6.45) is 2.91. The standard InChI is InChI=1S/C20H37NO6/c1-7-11-17(22)26-16(8-2)14-15(3)25-18(23)12-9-10-13-21-19(24)27-20(4,5)6/h15-16H,7-14H2,1-6H3,(H,21,24). The Morgan fingerprint density at radius 2 is 1.59 bits per heavy atom. The van der Waals surface area contributed by atoms with Crippen molar-refractivity contribution in [3.05, 3.63) is 0 Å². The maximum absolute atomic E-state index is 11.9. The minimum atomic E-state index is -0.523. The number of ether oxygens (including phenoxy) is 3. The smallest absolute Gasteiger partial charge is 0.407 e. The van der Waals surface area contributed by atoms with Gasteiger partial charge in [0, 0.05) is 25.8 Å². The SMILES string of the molecule is CCCC(=O)OC(CC)CC(C)OC(=O)CCCCNC(=O)OC(C)(C)C. The molecule has 0 radical (unpaired) electrons. The average Bonchev–Trinajstić information content (AvgIpc) is 2.52. The van der Waals surface area contributed by atoms with E-state index in [1.54, 1.807) is 27.7 Å². The Labute approximate surface area is 163 Å². The molecule has 0 saturated carbocycles. The van der Waals surface area contributed by atoms with Crippen LogP contribution in [0.15, 0.2) is 0 Å². The molecule has 158 valence electrons. The summed E-state index contributed by atoms with van der Waals surface area (Å²) in [6, 6.07) is 0. The van der Waals surface area contributed by atoms with Gasteiger partial charge in [0.1, 0.15) is 17.8 Å². The van der Waals surface area contributed by atoms with Crippen LogP contribution in [0.1, 0.15) is 86.5 Å². The zero-order valence-corrected chi connectivity index (χ0v) is 17.8. The lowest BCUT2D eigenvalue weighted by molar-refractivity contribution is -0.154. The Morgan fingerprint density at radius 1 is 0.963 bits per heavy atom. The first-order chi connectivity index (χ1) is 12.6. The fourth-order valence-electron chi connectivity index (χ4n) is 2.35. The van der Waals surface area contributed by atoms with Crippen LogP contribution in [0.5, 0.6) is 0 Å². The van der Waals surface area contributed by atoms with Crippen LogP contribution in [-0.4, -0.2) is 42.4 Å². The topological polar surface area (TPSA) is 90.9 Å². The molecular formula is C20H37NO6. The van der Waals surface area contributed by atoms with E-state index in [4.69, 9.17) is 14.2 Å². The van der Waals surface area contributed by atoms with E-state index in [0.29, 0.717) is 38.6 Å². The molecule has 0 aliphatic rings. The van der Waals surface area contributed by atoms with Crippen molar-refractivity contribution in [3.8, 4) is 0 Å². The second kappa shape index (κ2) is 13.4. The van der Waals surface area contributed by atoms with E-state index in [1.807, 2.05) is 13.8 Å². The lowest BCUT2D eigenvalue weighted by Gasteiger charge is -2.20. The highest BCUT2D eigenvalue weighted by atomic mass is 16.6. The second-order valence-corrected chi connectivity index (χ2v) is 7.69. The Hall–Kier alpha value is -1.79. The lowest BCUT2D eigenvalue weighted by Crippen LogP contribution is -2.33. The van der Waals surface area contributed by atoms with Gasteiger partial charge >= 0.3 is 18.0 Å². The largest absolute Gasteiger partial charge is 0.463 e. The van der Waals surface area contributed by atoms with Crippen molar-refractivity contribution in [2.24, 2.45) is 0 Å². The van der Waals surface area contributed by atoms with Crippen LogP contribution in [0.3, 0.4) is 0 Å². The number of hydrogen-bond acceptors (Lipinski definition) is 6. The van der Waals surface area contributed by atoms with Gasteiger partial charge in [-0.05, 0) is 53.4 Å². The molecule has 0 saturated heterocycles. The molecule has 7 heteroatoms. The molecule has 1 N–H and O–H groups in total. The molecule has 2 unspecified atom stereocenters. The van der Waals surface area contributed by atoms with Gasteiger partial charge in [-0.3, -0.25) is 9.59 Å². The summed E-state index contributed by atoms with van der Waals surface area (Å²) in [6.45, 7) is 11.5. The predicted octanol–water partition coefficient (Wildman–Crippen LogP) is 4.13. The molecule has 0 heterocycles. The molecule has 0 aromatic carbocycles. The van der Waals surface area contributed by atoms with E-state index < -0.39 is 11.7 Å². The van der Waals surface area contributed by atoms with Gasteiger partial charge in [0.05, 0.1) is 0 Å². The van der Waals surface area contributed by atoms with Gasteiger partial charge in [-0.15, -0.1) is 0 Å². The second-order valence-electron chi connectivity index (χ2n) is 7.69. The predicted molar refractivity (Wildman–Crippen MR) is 103 cm³/mol. The molecule has 2 atom stereocenters. The third-order valence-corrected chi connectivity index (χ3v) is 3.61. The van der Waals surface area contributed by atoms with Crippen LogP contribution in [-0.2, 0) is 23.8 Å². The molecule has 7 nitrogen and oxygen atoms in total. The normalized spacial score (nSPS) is 13.4. The molecule has 0 aliphatic heterocycles. The summed E-state index contributed by atoms with van der Waals surface area (Å²) in [5, 5.41) is 2.65. The van der Waals surface area contributed by atoms with Gasteiger partial charge in [0.25, 0.3) is 0 Å². The van der Waals surface area contributed by atoms with Gasteiger partial charge < -0.3 is 19.5 Å². The van der Waals surface area contributed by atoms with Gasteiger partial charge in [0.15, 0.2) is 0 Å². The highest BCUT2D eigenvalue weighted by Gasteiger charge is 2.19. The highest BCUT2D eigenvalue weighted by molar-refractivity contribution is 5.70. The maximum Gasteiger partial charge on any atom is 0.407 e. The van der Waals surface area contributed by atoms with Crippen molar-refractivity contribution in [2.45, 2.75) is 104 Å². The Balaban J connectivity index is 3.93. The van der Waals surface area contributed by atoms with Crippen molar-refractivity contribution in [2.75, 3.05) is 6.54 Å². The van der Waals surface area contributed by atoms with Crippen molar-refractivity contribution < 1.29 is 28.6 Å². The van der Waals surface area contributed by atoms with Crippen molar-refractivity contribution in [3.63, 3.8) is 0 Å². The number of rotatable bonds is 12. The molecule has 0 aromatic heterocycles. The molecular weight excluding hydrogens is 350 g/mol. The Kier molecular flexibility index (Phi) is 12.5. The van der Waals surface area contributed by atoms with Crippen LogP contribution < -0.4 is 5.32 Å². The third-order valence-electron chi connectivity index (χ3n) is 3.61. The number of carbonyl (C=O) groups excluding carboxylic acids is 3. The molecule has 0 spiro atoms. The van der Waals surface area contributed by atoms with Crippen molar-refractivity contribution >= 4 is 18.0 Å². The number of amides is 1. The van der Waals surface area contributed by atoms with Gasteiger partial charge in [-0.1, -0.05) is 13.8 Å². The first-order valence-corrected chi connectivity index (χ1v) is 9.93. The third kappa shape index (κ3) is 15.0. The highest BCUT2D eigenvalue weighted by Crippen LogP contribution is 2.12. The summed E-state index contributed by atoms with van der Waals surface area (Å²) < 4.78 is 15.9. The first kappa shape index (κ1) is 25.2. The minimum Gasteiger partial charge on any atom is -0.463 e. The monoisotopic (exact) mass is 387 g/mol. The summed E-state index contributed by atoms with van der Waals surface area (Å²) in [5.74, 6) is -0.491. The molecule has 0 rings (SSSR count). The summed E-state index contributed by atoms with van der Waals surface area (Å²) in [4.78, 5) is 35.0. The van der Waals surface area contributed by atoms with Crippen molar-refractivity contribution in [1.82, 2.24) is 5.32 Å². The number of carbonyl (C=O) groups is 3. The van der Waals surface area contributed by atoms with E-state index in [0.717, 1.165) is 6.42 Å². The van der Waals surface area contributed by atoms with E-state index in [-0.39, 0.29) is 30.6 Å². The minimum absolute atomic E-state index is 0.208. The van der Waals surface area contributed by atoms with Crippen LogP contribution in [0.4, 0.5) is 4.79 Å². The first-order valence-electron chi connectivity index (χ1n) is 9.93. The summed E-state index contributed by atoms with van der Waals surface area (Å²) in [7, 11) is 0. The van der Waals surface area contributed by atoms with E-state index in [9.17, 15) is 14.4 Å². The number of esters is 2. The number of nitrogens with one attached hydrogen (secondary N) is 1. The van der Waals surface area contributed by atoms with Crippen LogP contribution in [0.25, 0.3) is 0 Å². The van der Waals surface area contributed by atoms with Gasteiger partial charge in [-0.2, -0.15) is 0 Å². The van der Waals surface area contributed by atoms with Crippen LogP contribution >= 0.6 is 0 Å². The zero-order chi connectivity index (χ0) is 20.9. The van der Waals surface area contributed by atoms with E-state index in [2.05, 4.69) is 5.32 Å². The molecule has 0 aliphatic carbocycles. The van der Waals surface area contributed by atoms with E-state index in [1.165, 1.54) is 0 Å². The summed E-state index contributed by atoms with van der Waals surface area (Å²) >= 11 is 0. The molecule has 0 fully saturated rings. The molecule has 1 amide bonds. The van der Waals surface area contributed by atoms with Crippen LogP contribution in [0, 0.1) is 0 Å². The zero-order valence-electron chi connectivity index (χ0n) is 17.8. The molecule has 0 bridgehead atoms. The van der Waals surface area contributed by atoms with Gasteiger partial charge in [0.2, 0.25) is 0 Å². The molecule has 27 heavy (non-hydrogen) atoms. The molecule has 0 aromatic rings. The van der Waals surface area contributed by atoms with E-state index >= 15 is 0 Å². The lowest BCUT2D eigenvalue weighted by atomic mass is 10.1. The van der Waals surface area contributed by atoms with Crippen molar-refractivity contribution in [1.29, 1.82) is 0 Å². The summed E-state index contributed by atoms with van der Waals surface area (Å²) in [5.41, 5.74) is -0.523. The number of unbranched alkanes of at least 4 members (excludes halogenated alkanes) is 1. The fourth-order valence-corrected chi connectivity index (χ4v) is 2.35. The average molecular weight is 388 g/mol. The Morgan fingerprint density at radius 3 is 2.15 bits per heavy atom. The van der Waals surface area contributed by atoms with Gasteiger partial charge in [-0.25, -0.2) is 4.79 Å². The number of alkyl carbamates (subject to hydrolysis) is 1. The Bertz CT molecular complexity index is 458. The fraction of sp³-hybridized carbons (Fsp3) is 0.850. The number of hydrogen-bond donors (Lipinski definition) is 1. The van der Waals surface area contributed by atoms with Crippen LogP contribution in [0.2, 0.25) is 0 Å². The quantitative estimate of drug-likeness (QED) is 0.308.